The van der Waals surface area contributed by atoms with Gasteiger partial charge in [-0.3, -0.25) is 9.48 Å². The van der Waals surface area contributed by atoms with Gasteiger partial charge in [0.25, 0.3) is 5.91 Å². The first-order valence-corrected chi connectivity index (χ1v) is 8.92. The Bertz CT molecular complexity index is 1070. The molecule has 2 heterocycles. The first-order chi connectivity index (χ1) is 13.4. The van der Waals surface area contributed by atoms with Gasteiger partial charge in [-0.05, 0) is 32.9 Å². The van der Waals surface area contributed by atoms with Gasteiger partial charge in [-0.25, -0.2) is 4.98 Å². The van der Waals surface area contributed by atoms with Crippen LogP contribution in [-0.2, 0) is 12.6 Å². The molecule has 1 amide bonds. The molecular formula is C20H21F3N4O2. The van der Waals surface area contributed by atoms with Gasteiger partial charge in [0.05, 0.1) is 29.0 Å². The number of pyridine rings is 1. The van der Waals surface area contributed by atoms with Gasteiger partial charge in [-0.15, -0.1) is 0 Å². The third-order valence-electron chi connectivity index (χ3n) is 5.10. The molecule has 0 fully saturated rings. The van der Waals surface area contributed by atoms with Gasteiger partial charge in [0.1, 0.15) is 0 Å². The van der Waals surface area contributed by atoms with Crippen LogP contribution >= 0.6 is 0 Å². The molecular weight excluding hydrogens is 385 g/mol. The largest absolute Gasteiger partial charge is 0.422 e. The van der Waals surface area contributed by atoms with Crippen LogP contribution in [0.1, 0.15) is 47.2 Å². The van der Waals surface area contributed by atoms with E-state index in [9.17, 15) is 23.1 Å². The topological polar surface area (TPSA) is 80.0 Å². The monoisotopic (exact) mass is 406 g/mol. The second kappa shape index (κ2) is 7.14. The predicted molar refractivity (Wildman–Crippen MR) is 101 cm³/mol. The molecule has 0 radical (unpaired) electrons. The summed E-state index contributed by atoms with van der Waals surface area (Å²) in [4.78, 5) is 16.8. The van der Waals surface area contributed by atoms with Gasteiger partial charge in [0, 0.05) is 23.7 Å². The molecule has 0 bridgehead atoms. The molecule has 0 saturated carbocycles. The Balaban J connectivity index is 1.99. The number of nitrogens with zero attached hydrogens (tertiary/aromatic N) is 3. The third kappa shape index (κ3) is 3.69. The van der Waals surface area contributed by atoms with Crippen LogP contribution in [0.25, 0.3) is 10.9 Å². The summed E-state index contributed by atoms with van der Waals surface area (Å²) in [6.07, 6.45) is -3.25. The van der Waals surface area contributed by atoms with E-state index in [0.29, 0.717) is 12.3 Å². The number of benzene rings is 1. The number of alkyl halides is 3. The highest BCUT2D eigenvalue weighted by Gasteiger charge is 2.52. The summed E-state index contributed by atoms with van der Waals surface area (Å²) in [5.41, 5.74) is -1.79. The summed E-state index contributed by atoms with van der Waals surface area (Å²) in [6.45, 7) is 4.30. The minimum Gasteiger partial charge on any atom is -0.375 e. The Morgan fingerprint density at radius 1 is 1.24 bits per heavy atom. The second-order valence-electron chi connectivity index (χ2n) is 7.15. The molecule has 3 rings (SSSR count). The summed E-state index contributed by atoms with van der Waals surface area (Å²) < 4.78 is 41.3. The molecule has 0 aliphatic rings. The molecule has 0 aliphatic carbocycles. The Morgan fingerprint density at radius 3 is 2.52 bits per heavy atom. The van der Waals surface area contributed by atoms with Crippen molar-refractivity contribution in [1.29, 1.82) is 0 Å². The van der Waals surface area contributed by atoms with Gasteiger partial charge >= 0.3 is 6.18 Å². The van der Waals surface area contributed by atoms with E-state index in [-0.39, 0.29) is 17.1 Å². The molecule has 154 valence electrons. The molecule has 9 heteroatoms. The van der Waals surface area contributed by atoms with Crippen molar-refractivity contribution in [3.05, 3.63) is 59.0 Å². The number of aromatic nitrogens is 3. The van der Waals surface area contributed by atoms with Crippen LogP contribution in [0.15, 0.2) is 36.5 Å². The fourth-order valence-electron chi connectivity index (χ4n) is 3.04. The van der Waals surface area contributed by atoms with Gasteiger partial charge in [0.2, 0.25) is 0 Å². The van der Waals surface area contributed by atoms with E-state index >= 15 is 0 Å². The highest BCUT2D eigenvalue weighted by molar-refractivity contribution is 6.05. The fourth-order valence-corrected chi connectivity index (χ4v) is 3.04. The van der Waals surface area contributed by atoms with E-state index in [4.69, 9.17) is 0 Å². The van der Waals surface area contributed by atoms with Gasteiger partial charge in [-0.2, -0.15) is 18.3 Å². The maximum absolute atomic E-state index is 13.2. The fraction of sp³-hybridized carbons (Fsp3) is 0.350. The number of carbonyl (C=O) groups is 1. The average Bonchev–Trinajstić information content (AvgIpc) is 2.98. The summed E-state index contributed by atoms with van der Waals surface area (Å²) in [6, 6.07) is 6.90. The number of rotatable bonds is 4. The molecule has 0 spiro atoms. The molecule has 2 N–H and O–H groups in total. The number of aryl methyl sites for hydroxylation is 1. The van der Waals surface area contributed by atoms with Crippen molar-refractivity contribution in [2.24, 2.45) is 7.05 Å². The molecule has 2 unspecified atom stereocenters. The Labute approximate surface area is 165 Å². The van der Waals surface area contributed by atoms with Gasteiger partial charge in [0.15, 0.2) is 5.60 Å². The number of carbonyl (C=O) groups excluding carboxylic acids is 1. The van der Waals surface area contributed by atoms with E-state index in [1.807, 2.05) is 6.92 Å². The lowest BCUT2D eigenvalue weighted by molar-refractivity contribution is -0.260. The van der Waals surface area contributed by atoms with Crippen LogP contribution in [-0.4, -0.2) is 32.0 Å². The van der Waals surface area contributed by atoms with Crippen molar-refractivity contribution in [1.82, 2.24) is 20.1 Å². The number of para-hydroxylation sites is 1. The zero-order valence-electron chi connectivity index (χ0n) is 16.4. The number of nitrogens with one attached hydrogen (secondary N) is 1. The van der Waals surface area contributed by atoms with E-state index in [2.05, 4.69) is 15.4 Å². The maximum Gasteiger partial charge on any atom is 0.422 e. The van der Waals surface area contributed by atoms with Crippen LogP contribution in [0.4, 0.5) is 13.2 Å². The summed E-state index contributed by atoms with van der Waals surface area (Å²) >= 11 is 0. The normalized spacial score (nSPS) is 15.2. The minimum atomic E-state index is -4.91. The SMILES string of the molecule is Cc1c(C(C)NC(=O)c2cccc3ccc(C(C)(O)C(F)(F)F)nc23)cnn1C. The van der Waals surface area contributed by atoms with Crippen LogP contribution in [0, 0.1) is 6.92 Å². The average molecular weight is 406 g/mol. The Morgan fingerprint density at radius 2 is 1.93 bits per heavy atom. The van der Waals surface area contributed by atoms with Crippen molar-refractivity contribution in [2.45, 2.75) is 38.6 Å². The standard InChI is InChI=1S/C20H21F3N4O2/c1-11(15-10-24-27(4)12(15)2)25-18(28)14-7-5-6-13-8-9-16(26-17(13)14)19(3,29)20(21,22)23/h5-11,29H,1-4H3,(H,25,28). The highest BCUT2D eigenvalue weighted by atomic mass is 19.4. The molecule has 0 saturated heterocycles. The molecule has 29 heavy (non-hydrogen) atoms. The van der Waals surface area contributed by atoms with E-state index < -0.39 is 23.4 Å². The van der Waals surface area contributed by atoms with E-state index in [1.165, 1.54) is 12.1 Å². The highest BCUT2D eigenvalue weighted by Crippen LogP contribution is 2.38. The lowest BCUT2D eigenvalue weighted by atomic mass is 9.99. The predicted octanol–water partition coefficient (Wildman–Crippen LogP) is 3.54. The Hall–Kier alpha value is -2.94. The van der Waals surface area contributed by atoms with Crippen molar-refractivity contribution in [2.75, 3.05) is 0 Å². The maximum atomic E-state index is 13.2. The third-order valence-corrected chi connectivity index (χ3v) is 5.10. The molecule has 1 aromatic carbocycles. The van der Waals surface area contributed by atoms with Crippen LogP contribution < -0.4 is 5.32 Å². The summed E-state index contributed by atoms with van der Waals surface area (Å²) in [5, 5.41) is 17.4. The summed E-state index contributed by atoms with van der Waals surface area (Å²) in [7, 11) is 1.79. The van der Waals surface area contributed by atoms with E-state index in [0.717, 1.165) is 17.3 Å². The number of fused-ring (bicyclic) bond motifs is 1. The zero-order valence-corrected chi connectivity index (χ0v) is 16.4. The molecule has 2 atom stereocenters. The molecule has 0 aliphatic heterocycles. The second-order valence-corrected chi connectivity index (χ2v) is 7.15. The lowest BCUT2D eigenvalue weighted by Crippen LogP contribution is -2.40. The van der Waals surface area contributed by atoms with Crippen LogP contribution in [0.2, 0.25) is 0 Å². The van der Waals surface area contributed by atoms with Gasteiger partial charge < -0.3 is 10.4 Å². The first kappa shape index (κ1) is 20.8. The molecule has 2 aromatic heterocycles. The Kier molecular flexibility index (Phi) is 5.12. The molecule has 6 nitrogen and oxygen atoms in total. The number of hydrogen-bond acceptors (Lipinski definition) is 4. The van der Waals surface area contributed by atoms with E-state index in [1.54, 1.807) is 37.0 Å². The quantitative estimate of drug-likeness (QED) is 0.695. The van der Waals surface area contributed by atoms with Crippen molar-refractivity contribution in [3.8, 4) is 0 Å². The van der Waals surface area contributed by atoms with Crippen molar-refractivity contribution >= 4 is 16.8 Å². The van der Waals surface area contributed by atoms with Crippen LogP contribution in [0.5, 0.6) is 0 Å². The first-order valence-electron chi connectivity index (χ1n) is 8.92. The number of hydrogen-bond donors (Lipinski definition) is 2. The van der Waals surface area contributed by atoms with Gasteiger partial charge in [-0.1, -0.05) is 18.2 Å². The van der Waals surface area contributed by atoms with Crippen LogP contribution in [0.3, 0.4) is 0 Å². The molecule has 3 aromatic rings. The summed E-state index contributed by atoms with van der Waals surface area (Å²) in [5.74, 6) is -0.484. The smallest absolute Gasteiger partial charge is 0.375 e. The minimum absolute atomic E-state index is 0.0853. The number of halogens is 3. The van der Waals surface area contributed by atoms with Crippen molar-refractivity contribution < 1.29 is 23.1 Å². The lowest BCUT2D eigenvalue weighted by Gasteiger charge is -2.26. The van der Waals surface area contributed by atoms with Crippen molar-refractivity contribution in [3.63, 3.8) is 0 Å². The number of amides is 1. The zero-order chi connectivity index (χ0) is 21.6. The number of aliphatic hydroxyl groups is 1.